The number of rotatable bonds is 8. The first-order valence-electron chi connectivity index (χ1n) is 11.3. The molecular weight excluding hydrogens is 474 g/mol. The predicted molar refractivity (Wildman–Crippen MR) is 138 cm³/mol. The lowest BCUT2D eigenvalue weighted by Crippen LogP contribution is -2.29. The maximum absolute atomic E-state index is 13.2. The number of anilines is 1. The summed E-state index contributed by atoms with van der Waals surface area (Å²) in [5.41, 5.74) is 3.67. The molecule has 1 aliphatic rings. The summed E-state index contributed by atoms with van der Waals surface area (Å²) in [6.45, 7) is 3.77. The summed E-state index contributed by atoms with van der Waals surface area (Å²) in [4.78, 5) is 25.8. The van der Waals surface area contributed by atoms with Crippen molar-refractivity contribution in [2.75, 3.05) is 11.1 Å². The molecule has 1 amide bonds. The van der Waals surface area contributed by atoms with E-state index in [-0.39, 0.29) is 23.8 Å². The van der Waals surface area contributed by atoms with Crippen molar-refractivity contribution in [3.63, 3.8) is 0 Å². The van der Waals surface area contributed by atoms with Crippen LogP contribution in [0.5, 0.6) is 0 Å². The van der Waals surface area contributed by atoms with Crippen LogP contribution in [0, 0.1) is 18.3 Å². The monoisotopic (exact) mass is 499 g/mol. The molecule has 7 nitrogen and oxygen atoms in total. The SMILES string of the molecule is CC1=C(C(=O)OCc2ccccc2)C(c2ccco2)C(C#N)=C(SCC(=O)Nc2ccccc2C)N1. The molecule has 2 N–H and O–H groups in total. The van der Waals surface area contributed by atoms with Crippen LogP contribution < -0.4 is 10.6 Å². The second-order valence-corrected chi connectivity index (χ2v) is 9.17. The van der Waals surface area contributed by atoms with Crippen LogP contribution in [0.25, 0.3) is 0 Å². The molecule has 0 fully saturated rings. The van der Waals surface area contributed by atoms with E-state index in [0.717, 1.165) is 16.8 Å². The third-order valence-electron chi connectivity index (χ3n) is 5.67. The van der Waals surface area contributed by atoms with Gasteiger partial charge in [-0.25, -0.2) is 4.79 Å². The van der Waals surface area contributed by atoms with E-state index in [0.29, 0.717) is 22.1 Å². The van der Waals surface area contributed by atoms with Gasteiger partial charge in [-0.15, -0.1) is 0 Å². The molecule has 1 atom stereocenters. The topological polar surface area (TPSA) is 104 Å². The fourth-order valence-corrected chi connectivity index (χ4v) is 4.77. The molecule has 182 valence electrons. The summed E-state index contributed by atoms with van der Waals surface area (Å²) in [5.74, 6) is -0.976. The molecule has 2 heterocycles. The minimum atomic E-state index is -0.753. The van der Waals surface area contributed by atoms with Gasteiger partial charge in [0.25, 0.3) is 0 Å². The number of esters is 1. The highest BCUT2D eigenvalue weighted by atomic mass is 32.2. The van der Waals surface area contributed by atoms with Gasteiger partial charge in [-0.05, 0) is 43.2 Å². The lowest BCUT2D eigenvalue weighted by molar-refractivity contribution is -0.140. The number of allylic oxidation sites excluding steroid dienone is 2. The molecule has 2 aromatic carbocycles. The Morgan fingerprint density at radius 2 is 1.83 bits per heavy atom. The predicted octanol–water partition coefficient (Wildman–Crippen LogP) is 5.40. The summed E-state index contributed by atoms with van der Waals surface area (Å²) >= 11 is 1.20. The van der Waals surface area contributed by atoms with E-state index in [9.17, 15) is 14.9 Å². The number of para-hydroxylation sites is 1. The van der Waals surface area contributed by atoms with E-state index in [1.54, 1.807) is 19.1 Å². The zero-order chi connectivity index (χ0) is 25.5. The van der Waals surface area contributed by atoms with Gasteiger partial charge in [0.05, 0.1) is 40.2 Å². The summed E-state index contributed by atoms with van der Waals surface area (Å²) in [6.07, 6.45) is 1.50. The van der Waals surface area contributed by atoms with Crippen LogP contribution in [-0.4, -0.2) is 17.6 Å². The Morgan fingerprint density at radius 1 is 1.08 bits per heavy atom. The number of carbonyl (C=O) groups excluding carboxylic acids is 2. The third-order valence-corrected chi connectivity index (χ3v) is 6.69. The van der Waals surface area contributed by atoms with E-state index >= 15 is 0 Å². The van der Waals surface area contributed by atoms with Crippen LogP contribution in [0.2, 0.25) is 0 Å². The van der Waals surface area contributed by atoms with Gasteiger partial charge in [0.1, 0.15) is 12.4 Å². The molecule has 3 aromatic rings. The quantitative estimate of drug-likeness (QED) is 0.400. The van der Waals surface area contributed by atoms with Crippen LogP contribution >= 0.6 is 11.8 Å². The fourth-order valence-electron chi connectivity index (χ4n) is 3.88. The molecule has 4 rings (SSSR count). The van der Waals surface area contributed by atoms with Gasteiger partial charge in [-0.1, -0.05) is 60.3 Å². The van der Waals surface area contributed by atoms with Gasteiger partial charge in [0.15, 0.2) is 0 Å². The first-order valence-corrected chi connectivity index (χ1v) is 12.3. The standard InChI is InChI=1S/C28H25N3O4S/c1-18-9-6-7-12-22(18)31-24(32)17-36-27-21(15-29)26(23-13-8-14-34-23)25(19(2)30-27)28(33)35-16-20-10-4-3-5-11-20/h3-14,26,30H,16-17H2,1-2H3,(H,31,32). The molecule has 0 radical (unpaired) electrons. The summed E-state index contributed by atoms with van der Waals surface area (Å²) in [7, 11) is 0. The third kappa shape index (κ3) is 5.70. The molecule has 36 heavy (non-hydrogen) atoms. The van der Waals surface area contributed by atoms with Gasteiger partial charge >= 0.3 is 5.97 Å². The number of nitriles is 1. The zero-order valence-corrected chi connectivity index (χ0v) is 20.7. The largest absolute Gasteiger partial charge is 0.468 e. The first-order chi connectivity index (χ1) is 17.5. The van der Waals surface area contributed by atoms with Gasteiger partial charge in [0, 0.05) is 11.4 Å². The zero-order valence-electron chi connectivity index (χ0n) is 19.9. The number of ether oxygens (including phenoxy) is 1. The molecule has 1 aliphatic heterocycles. The molecule has 0 saturated heterocycles. The Bertz CT molecular complexity index is 1350. The number of carbonyl (C=O) groups is 2. The molecule has 0 spiro atoms. The Labute approximate surface area is 213 Å². The average Bonchev–Trinajstić information content (AvgIpc) is 3.42. The summed E-state index contributed by atoms with van der Waals surface area (Å²) in [6, 6.07) is 22.5. The number of benzene rings is 2. The Kier molecular flexibility index (Phi) is 7.93. The van der Waals surface area contributed by atoms with Gasteiger partial charge in [-0.2, -0.15) is 5.26 Å². The van der Waals surface area contributed by atoms with Crippen molar-refractivity contribution in [1.29, 1.82) is 5.26 Å². The van der Waals surface area contributed by atoms with Crippen molar-refractivity contribution in [2.45, 2.75) is 26.4 Å². The van der Waals surface area contributed by atoms with Crippen molar-refractivity contribution >= 4 is 29.3 Å². The van der Waals surface area contributed by atoms with E-state index in [1.165, 1.54) is 18.0 Å². The number of furan rings is 1. The number of hydrogen-bond donors (Lipinski definition) is 2. The molecule has 0 bridgehead atoms. The van der Waals surface area contributed by atoms with Crippen LogP contribution in [0.1, 0.15) is 29.7 Å². The highest BCUT2D eigenvalue weighted by molar-refractivity contribution is 8.03. The number of nitrogens with zero attached hydrogens (tertiary/aromatic N) is 1. The van der Waals surface area contributed by atoms with E-state index < -0.39 is 11.9 Å². The maximum atomic E-state index is 13.2. The van der Waals surface area contributed by atoms with Crippen molar-refractivity contribution in [2.24, 2.45) is 0 Å². The Morgan fingerprint density at radius 3 is 2.53 bits per heavy atom. The molecule has 8 heteroatoms. The normalized spacial score (nSPS) is 15.2. The van der Waals surface area contributed by atoms with Crippen LogP contribution in [-0.2, 0) is 20.9 Å². The smallest absolute Gasteiger partial charge is 0.337 e. The summed E-state index contributed by atoms with van der Waals surface area (Å²) < 4.78 is 11.2. The van der Waals surface area contributed by atoms with Crippen molar-refractivity contribution in [1.82, 2.24) is 5.32 Å². The Hall–Kier alpha value is -4.22. The number of dihydropyridines is 1. The van der Waals surface area contributed by atoms with Crippen LogP contribution in [0.15, 0.2) is 99.3 Å². The van der Waals surface area contributed by atoms with Crippen LogP contribution in [0.4, 0.5) is 5.69 Å². The second-order valence-electron chi connectivity index (χ2n) is 8.18. The number of aryl methyl sites for hydroxylation is 1. The Balaban J connectivity index is 1.54. The van der Waals surface area contributed by atoms with E-state index in [4.69, 9.17) is 9.15 Å². The highest BCUT2D eigenvalue weighted by Gasteiger charge is 2.37. The van der Waals surface area contributed by atoms with E-state index in [2.05, 4.69) is 16.7 Å². The van der Waals surface area contributed by atoms with Crippen LogP contribution in [0.3, 0.4) is 0 Å². The lowest BCUT2D eigenvalue weighted by atomic mass is 9.86. The number of hydrogen-bond acceptors (Lipinski definition) is 7. The highest BCUT2D eigenvalue weighted by Crippen LogP contribution is 2.41. The molecular formula is C28H25N3O4S. The summed E-state index contributed by atoms with van der Waals surface area (Å²) in [5, 5.41) is 16.6. The number of nitrogens with one attached hydrogen (secondary N) is 2. The first kappa shape index (κ1) is 24.9. The average molecular weight is 500 g/mol. The second kappa shape index (κ2) is 11.5. The van der Waals surface area contributed by atoms with Gasteiger partial charge in [-0.3, -0.25) is 4.79 Å². The lowest BCUT2D eigenvalue weighted by Gasteiger charge is -2.28. The minimum Gasteiger partial charge on any atom is -0.468 e. The molecule has 1 unspecified atom stereocenters. The van der Waals surface area contributed by atoms with E-state index in [1.807, 2.05) is 61.5 Å². The van der Waals surface area contributed by atoms with Crippen molar-refractivity contribution in [3.8, 4) is 6.07 Å². The van der Waals surface area contributed by atoms with Gasteiger partial charge in [0.2, 0.25) is 5.91 Å². The molecule has 0 saturated carbocycles. The molecule has 1 aromatic heterocycles. The number of amides is 1. The minimum absolute atomic E-state index is 0.0772. The maximum Gasteiger partial charge on any atom is 0.337 e. The van der Waals surface area contributed by atoms with Gasteiger partial charge < -0.3 is 19.8 Å². The molecule has 0 aliphatic carbocycles. The number of thioether (sulfide) groups is 1. The van der Waals surface area contributed by atoms with Crippen molar-refractivity contribution in [3.05, 3.63) is 112 Å². The van der Waals surface area contributed by atoms with Crippen molar-refractivity contribution < 1.29 is 18.7 Å². The fraction of sp³-hybridized carbons (Fsp3) is 0.179.